The Morgan fingerprint density at radius 2 is 2.07 bits per heavy atom. The van der Waals surface area contributed by atoms with Crippen molar-refractivity contribution in [1.29, 1.82) is 0 Å². The van der Waals surface area contributed by atoms with Crippen molar-refractivity contribution in [2.45, 2.75) is 39.3 Å². The molecule has 0 bridgehead atoms. The Morgan fingerprint density at radius 3 is 2.57 bits per heavy atom. The summed E-state index contributed by atoms with van der Waals surface area (Å²) in [4.78, 5) is 8.30. The number of aliphatic hydroxyl groups excluding tert-OH is 1. The lowest BCUT2D eigenvalue weighted by Crippen LogP contribution is -2.28. The molecule has 1 rings (SSSR count). The summed E-state index contributed by atoms with van der Waals surface area (Å²) in [5.74, 6) is 0.669. The topological polar surface area (TPSA) is 72.0 Å². The van der Waals surface area contributed by atoms with Gasteiger partial charge in [-0.2, -0.15) is 0 Å². The summed E-state index contributed by atoms with van der Waals surface area (Å²) >= 11 is 0. The highest BCUT2D eigenvalue weighted by Crippen LogP contribution is 2.15. The van der Waals surface area contributed by atoms with E-state index in [9.17, 15) is 5.11 Å². The van der Waals surface area contributed by atoms with Crippen LogP contribution in [-0.2, 0) is 0 Å². The van der Waals surface area contributed by atoms with Crippen LogP contribution in [0, 0.1) is 13.8 Å². The van der Waals surface area contributed by atoms with Gasteiger partial charge < -0.3 is 10.8 Å². The summed E-state index contributed by atoms with van der Waals surface area (Å²) in [6.45, 7) is 5.62. The molecule has 0 amide bonds. The Kier molecular flexibility index (Phi) is 3.55. The molecule has 1 aromatic heterocycles. The average molecular weight is 195 g/mol. The minimum Gasteiger partial charge on any atom is -0.385 e. The molecular weight excluding hydrogens is 178 g/mol. The van der Waals surface area contributed by atoms with E-state index in [4.69, 9.17) is 5.73 Å². The van der Waals surface area contributed by atoms with Gasteiger partial charge in [0.1, 0.15) is 11.9 Å². The number of hydrogen-bond acceptors (Lipinski definition) is 4. The Bertz CT molecular complexity index is 294. The van der Waals surface area contributed by atoms with Crippen molar-refractivity contribution in [3.8, 4) is 0 Å². The van der Waals surface area contributed by atoms with Crippen LogP contribution in [0.15, 0.2) is 6.07 Å². The molecule has 1 aromatic rings. The van der Waals surface area contributed by atoms with Gasteiger partial charge in [0.25, 0.3) is 0 Å². The largest absolute Gasteiger partial charge is 0.385 e. The highest BCUT2D eigenvalue weighted by atomic mass is 16.3. The second-order valence-electron chi connectivity index (χ2n) is 3.50. The van der Waals surface area contributed by atoms with Gasteiger partial charge in [-0.15, -0.1) is 0 Å². The van der Waals surface area contributed by atoms with E-state index in [2.05, 4.69) is 9.97 Å². The van der Waals surface area contributed by atoms with Crippen molar-refractivity contribution in [3.63, 3.8) is 0 Å². The number of nitrogens with zero attached hydrogens (tertiary/aromatic N) is 2. The van der Waals surface area contributed by atoms with E-state index in [0.717, 1.165) is 12.1 Å². The van der Waals surface area contributed by atoms with Gasteiger partial charge in [-0.05, 0) is 26.3 Å². The molecule has 2 atom stereocenters. The molecule has 0 spiro atoms. The lowest BCUT2D eigenvalue weighted by atomic mass is 10.1. The third-order valence-corrected chi connectivity index (χ3v) is 2.17. The van der Waals surface area contributed by atoms with Gasteiger partial charge >= 0.3 is 0 Å². The van der Waals surface area contributed by atoms with E-state index in [1.54, 1.807) is 13.0 Å². The minimum absolute atomic E-state index is 0.260. The number of aromatic nitrogens is 2. The van der Waals surface area contributed by atoms with Gasteiger partial charge in [-0.25, -0.2) is 9.97 Å². The molecule has 0 aliphatic carbocycles. The molecule has 2 unspecified atom stereocenters. The van der Waals surface area contributed by atoms with Crippen LogP contribution in [0.25, 0.3) is 0 Å². The third-order valence-electron chi connectivity index (χ3n) is 2.17. The zero-order valence-electron chi connectivity index (χ0n) is 8.86. The number of rotatable bonds is 3. The molecule has 0 aliphatic heterocycles. The van der Waals surface area contributed by atoms with E-state index in [-0.39, 0.29) is 6.04 Å². The summed E-state index contributed by atoms with van der Waals surface area (Å²) in [7, 11) is 0. The summed E-state index contributed by atoms with van der Waals surface area (Å²) in [6.07, 6.45) is 0.0314. The van der Waals surface area contributed by atoms with Crippen LogP contribution in [0.4, 0.5) is 0 Å². The molecule has 0 aromatic carbocycles. The lowest BCUT2D eigenvalue weighted by Gasteiger charge is -2.16. The fraction of sp³-hybridized carbons (Fsp3) is 0.600. The Balaban J connectivity index is 2.94. The molecule has 0 radical (unpaired) electrons. The third kappa shape index (κ3) is 2.49. The molecule has 1 heterocycles. The maximum atomic E-state index is 9.82. The van der Waals surface area contributed by atoms with Gasteiger partial charge in [0.05, 0.1) is 5.69 Å². The van der Waals surface area contributed by atoms with Gasteiger partial charge in [-0.3, -0.25) is 0 Å². The summed E-state index contributed by atoms with van der Waals surface area (Å²) in [5, 5.41) is 9.82. The minimum atomic E-state index is -0.694. The van der Waals surface area contributed by atoms with Crippen LogP contribution in [-0.4, -0.2) is 21.1 Å². The van der Waals surface area contributed by atoms with Gasteiger partial charge in [-0.1, -0.05) is 6.92 Å². The quantitative estimate of drug-likeness (QED) is 0.750. The maximum absolute atomic E-state index is 9.82. The molecule has 0 aliphatic rings. The van der Waals surface area contributed by atoms with Gasteiger partial charge in [0.15, 0.2) is 0 Å². The second-order valence-corrected chi connectivity index (χ2v) is 3.50. The normalized spacial score (nSPS) is 15.2. The monoisotopic (exact) mass is 195 g/mol. The van der Waals surface area contributed by atoms with E-state index >= 15 is 0 Å². The SMILES string of the molecule is CCC(N)C(O)c1cc(C)nc(C)n1. The molecule has 3 N–H and O–H groups in total. The predicted molar refractivity (Wildman–Crippen MR) is 54.7 cm³/mol. The van der Waals surface area contributed by atoms with Crippen molar-refractivity contribution in [1.82, 2.24) is 9.97 Å². The predicted octanol–water partition coefficient (Wildman–Crippen LogP) is 0.864. The Morgan fingerprint density at radius 1 is 1.43 bits per heavy atom. The first-order chi connectivity index (χ1) is 6.54. The fourth-order valence-corrected chi connectivity index (χ4v) is 1.34. The Labute approximate surface area is 84.2 Å². The summed E-state index contributed by atoms with van der Waals surface area (Å²) in [5.41, 5.74) is 7.21. The Hall–Kier alpha value is -1.00. The van der Waals surface area contributed by atoms with E-state index in [0.29, 0.717) is 11.5 Å². The zero-order chi connectivity index (χ0) is 10.7. The molecule has 0 fully saturated rings. The van der Waals surface area contributed by atoms with Crippen LogP contribution in [0.2, 0.25) is 0 Å². The van der Waals surface area contributed by atoms with Crippen LogP contribution in [0.1, 0.15) is 36.7 Å². The van der Waals surface area contributed by atoms with Gasteiger partial charge in [0, 0.05) is 11.7 Å². The second kappa shape index (κ2) is 4.48. The standard InChI is InChI=1S/C10H17N3O/c1-4-8(11)10(14)9-5-6(2)12-7(3)13-9/h5,8,10,14H,4,11H2,1-3H3. The number of nitrogens with two attached hydrogens (primary N) is 1. The van der Waals surface area contributed by atoms with Crippen molar-refractivity contribution in [3.05, 3.63) is 23.3 Å². The van der Waals surface area contributed by atoms with Crippen molar-refractivity contribution in [2.24, 2.45) is 5.73 Å². The first kappa shape index (κ1) is 11.1. The van der Waals surface area contributed by atoms with E-state index in [1.165, 1.54) is 0 Å². The molecular formula is C10H17N3O. The van der Waals surface area contributed by atoms with Crippen molar-refractivity contribution in [2.75, 3.05) is 0 Å². The number of aryl methyl sites for hydroxylation is 2. The van der Waals surface area contributed by atoms with Crippen molar-refractivity contribution >= 4 is 0 Å². The number of aliphatic hydroxyl groups is 1. The average Bonchev–Trinajstić information content (AvgIpc) is 2.14. The molecule has 4 nitrogen and oxygen atoms in total. The smallest absolute Gasteiger partial charge is 0.125 e. The van der Waals surface area contributed by atoms with Crippen LogP contribution < -0.4 is 5.73 Å². The summed E-state index contributed by atoms with van der Waals surface area (Å²) < 4.78 is 0. The van der Waals surface area contributed by atoms with Gasteiger partial charge in [0.2, 0.25) is 0 Å². The van der Waals surface area contributed by atoms with Crippen LogP contribution >= 0.6 is 0 Å². The van der Waals surface area contributed by atoms with Crippen molar-refractivity contribution < 1.29 is 5.11 Å². The summed E-state index contributed by atoms with van der Waals surface area (Å²) in [6, 6.07) is 1.51. The molecule has 4 heteroatoms. The highest BCUT2D eigenvalue weighted by molar-refractivity contribution is 5.13. The first-order valence-corrected chi connectivity index (χ1v) is 4.80. The first-order valence-electron chi connectivity index (χ1n) is 4.80. The van der Waals surface area contributed by atoms with Crippen LogP contribution in [0.3, 0.4) is 0 Å². The molecule has 14 heavy (non-hydrogen) atoms. The van der Waals surface area contributed by atoms with E-state index in [1.807, 2.05) is 13.8 Å². The van der Waals surface area contributed by atoms with Crippen LogP contribution in [0.5, 0.6) is 0 Å². The zero-order valence-corrected chi connectivity index (χ0v) is 8.86. The maximum Gasteiger partial charge on any atom is 0.125 e. The lowest BCUT2D eigenvalue weighted by molar-refractivity contribution is 0.139. The molecule has 0 saturated carbocycles. The fourth-order valence-electron chi connectivity index (χ4n) is 1.34. The highest BCUT2D eigenvalue weighted by Gasteiger charge is 2.17. The molecule has 78 valence electrons. The molecule has 0 saturated heterocycles. The van der Waals surface area contributed by atoms with E-state index < -0.39 is 6.10 Å². The number of hydrogen-bond donors (Lipinski definition) is 2.